The molecule has 2 aliphatic heterocycles. The number of methoxy groups -OCH3 is 1. The summed E-state index contributed by atoms with van der Waals surface area (Å²) in [6.45, 7) is 4.47. The highest BCUT2D eigenvalue weighted by molar-refractivity contribution is 5.84. The topological polar surface area (TPSA) is 41.6 Å². The van der Waals surface area contributed by atoms with Crippen molar-refractivity contribution in [2.75, 3.05) is 26.7 Å². The second-order valence-corrected chi connectivity index (χ2v) is 6.35. The van der Waals surface area contributed by atoms with E-state index in [2.05, 4.69) is 30.4 Å². The van der Waals surface area contributed by atoms with Gasteiger partial charge in [0.25, 0.3) is 0 Å². The number of amides is 1. The Labute approximate surface area is 126 Å². The number of hydrogen-bond donors (Lipinski definition) is 1. The standard InChI is InChI=1S/C17H24N2O2/c1-17(21-2)9-5-11-19(12-17)16(20)15-14-7-4-3-6-13(14)8-10-18-15/h3-4,6-7,15,18H,5,8-12H2,1-2H3. The molecule has 1 amide bonds. The lowest BCUT2D eigenvalue weighted by molar-refractivity contribution is -0.141. The lowest BCUT2D eigenvalue weighted by Crippen LogP contribution is -2.53. The highest BCUT2D eigenvalue weighted by atomic mass is 16.5. The number of carbonyl (C=O) groups is 1. The number of nitrogens with zero attached hydrogens (tertiary/aromatic N) is 1. The van der Waals surface area contributed by atoms with Crippen molar-refractivity contribution in [2.45, 2.75) is 37.8 Å². The average Bonchev–Trinajstić information content (AvgIpc) is 2.54. The van der Waals surface area contributed by atoms with E-state index >= 15 is 0 Å². The van der Waals surface area contributed by atoms with Crippen molar-refractivity contribution in [3.8, 4) is 0 Å². The predicted molar refractivity (Wildman–Crippen MR) is 82.1 cm³/mol. The van der Waals surface area contributed by atoms with Gasteiger partial charge in [0.1, 0.15) is 6.04 Å². The third-order valence-corrected chi connectivity index (χ3v) is 4.82. The second-order valence-electron chi connectivity index (χ2n) is 6.35. The minimum atomic E-state index is -0.206. The van der Waals surface area contributed by atoms with Crippen molar-refractivity contribution >= 4 is 5.91 Å². The number of rotatable bonds is 2. The maximum atomic E-state index is 12.9. The Morgan fingerprint density at radius 2 is 2.24 bits per heavy atom. The molecule has 21 heavy (non-hydrogen) atoms. The van der Waals surface area contributed by atoms with Crippen LogP contribution in [0.4, 0.5) is 0 Å². The molecule has 1 aromatic carbocycles. The molecule has 2 aliphatic rings. The molecule has 0 aliphatic carbocycles. The molecule has 1 aromatic rings. The molecule has 2 unspecified atom stereocenters. The number of hydrogen-bond acceptors (Lipinski definition) is 3. The third kappa shape index (κ3) is 2.83. The summed E-state index contributed by atoms with van der Waals surface area (Å²) in [4.78, 5) is 14.9. The first-order chi connectivity index (χ1) is 10.1. The average molecular weight is 288 g/mol. The number of ether oxygens (including phenoxy) is 1. The monoisotopic (exact) mass is 288 g/mol. The van der Waals surface area contributed by atoms with E-state index in [0.717, 1.165) is 37.9 Å². The Morgan fingerprint density at radius 3 is 3.05 bits per heavy atom. The minimum Gasteiger partial charge on any atom is -0.377 e. The molecule has 114 valence electrons. The van der Waals surface area contributed by atoms with Crippen LogP contribution in [0.2, 0.25) is 0 Å². The predicted octanol–water partition coefficient (Wildman–Crippen LogP) is 1.90. The zero-order chi connectivity index (χ0) is 14.9. The molecule has 0 spiro atoms. The van der Waals surface area contributed by atoms with Crippen molar-refractivity contribution in [2.24, 2.45) is 0 Å². The summed E-state index contributed by atoms with van der Waals surface area (Å²) in [6, 6.07) is 8.07. The molecule has 0 saturated carbocycles. The van der Waals surface area contributed by atoms with E-state index in [1.165, 1.54) is 5.56 Å². The number of benzene rings is 1. The summed E-state index contributed by atoms with van der Waals surface area (Å²) >= 11 is 0. The van der Waals surface area contributed by atoms with Crippen molar-refractivity contribution in [3.05, 3.63) is 35.4 Å². The van der Waals surface area contributed by atoms with Gasteiger partial charge in [-0.2, -0.15) is 0 Å². The van der Waals surface area contributed by atoms with E-state index in [1.807, 2.05) is 11.0 Å². The smallest absolute Gasteiger partial charge is 0.244 e. The van der Waals surface area contributed by atoms with Gasteiger partial charge in [-0.1, -0.05) is 24.3 Å². The fourth-order valence-electron chi connectivity index (χ4n) is 3.47. The zero-order valence-corrected chi connectivity index (χ0v) is 12.9. The van der Waals surface area contributed by atoms with E-state index < -0.39 is 0 Å². The summed E-state index contributed by atoms with van der Waals surface area (Å²) in [5.41, 5.74) is 2.22. The van der Waals surface area contributed by atoms with Crippen molar-refractivity contribution in [1.29, 1.82) is 0 Å². The Morgan fingerprint density at radius 1 is 1.43 bits per heavy atom. The van der Waals surface area contributed by atoms with Gasteiger partial charge < -0.3 is 15.0 Å². The van der Waals surface area contributed by atoms with Crippen LogP contribution in [0.25, 0.3) is 0 Å². The van der Waals surface area contributed by atoms with Gasteiger partial charge in [-0.3, -0.25) is 4.79 Å². The first-order valence-electron chi connectivity index (χ1n) is 7.78. The van der Waals surface area contributed by atoms with E-state index in [0.29, 0.717) is 6.54 Å². The van der Waals surface area contributed by atoms with Gasteiger partial charge in [-0.05, 0) is 37.3 Å². The quantitative estimate of drug-likeness (QED) is 0.904. The van der Waals surface area contributed by atoms with Crippen LogP contribution < -0.4 is 5.32 Å². The van der Waals surface area contributed by atoms with Crippen LogP contribution >= 0.6 is 0 Å². The van der Waals surface area contributed by atoms with Gasteiger partial charge in [-0.15, -0.1) is 0 Å². The number of fused-ring (bicyclic) bond motifs is 1. The maximum Gasteiger partial charge on any atom is 0.244 e. The Hall–Kier alpha value is -1.39. The van der Waals surface area contributed by atoms with Gasteiger partial charge >= 0.3 is 0 Å². The first kappa shape index (κ1) is 14.5. The molecule has 1 saturated heterocycles. The molecule has 2 heterocycles. The molecule has 0 radical (unpaired) electrons. The van der Waals surface area contributed by atoms with E-state index in [-0.39, 0.29) is 17.6 Å². The molecule has 1 fully saturated rings. The number of nitrogens with one attached hydrogen (secondary N) is 1. The molecule has 0 aromatic heterocycles. The van der Waals surface area contributed by atoms with E-state index in [4.69, 9.17) is 4.74 Å². The molecule has 1 N–H and O–H groups in total. The molecule has 3 rings (SSSR count). The summed E-state index contributed by atoms with van der Waals surface area (Å²) in [5, 5.41) is 3.39. The van der Waals surface area contributed by atoms with Gasteiger partial charge in [0.15, 0.2) is 0 Å². The summed E-state index contributed by atoms with van der Waals surface area (Å²) in [5.74, 6) is 0.185. The highest BCUT2D eigenvalue weighted by Crippen LogP contribution is 2.29. The lowest BCUT2D eigenvalue weighted by Gasteiger charge is -2.41. The van der Waals surface area contributed by atoms with Crippen LogP contribution in [0, 0.1) is 0 Å². The number of likely N-dealkylation sites (tertiary alicyclic amines) is 1. The summed E-state index contributed by atoms with van der Waals surface area (Å²) < 4.78 is 5.60. The van der Waals surface area contributed by atoms with Crippen LogP contribution in [0.5, 0.6) is 0 Å². The Kier molecular flexibility index (Phi) is 4.00. The Bertz CT molecular complexity index is 531. The maximum absolute atomic E-state index is 12.9. The third-order valence-electron chi connectivity index (χ3n) is 4.82. The largest absolute Gasteiger partial charge is 0.377 e. The molecule has 4 nitrogen and oxygen atoms in total. The van der Waals surface area contributed by atoms with Crippen LogP contribution in [-0.2, 0) is 16.0 Å². The first-order valence-corrected chi connectivity index (χ1v) is 7.78. The Balaban J connectivity index is 1.80. The number of piperidine rings is 1. The van der Waals surface area contributed by atoms with Crippen molar-refractivity contribution in [3.63, 3.8) is 0 Å². The van der Waals surface area contributed by atoms with Crippen LogP contribution in [0.1, 0.15) is 36.9 Å². The second kappa shape index (κ2) is 5.78. The molecule has 2 atom stereocenters. The molecule has 4 heteroatoms. The molecular formula is C17H24N2O2. The van der Waals surface area contributed by atoms with Crippen molar-refractivity contribution in [1.82, 2.24) is 10.2 Å². The summed E-state index contributed by atoms with van der Waals surface area (Å²) in [6.07, 6.45) is 3.02. The number of carbonyl (C=O) groups excluding carboxylic acids is 1. The highest BCUT2D eigenvalue weighted by Gasteiger charge is 2.36. The van der Waals surface area contributed by atoms with Crippen LogP contribution in [-0.4, -0.2) is 43.2 Å². The fraction of sp³-hybridized carbons (Fsp3) is 0.588. The molecular weight excluding hydrogens is 264 g/mol. The zero-order valence-electron chi connectivity index (χ0n) is 12.9. The fourth-order valence-corrected chi connectivity index (χ4v) is 3.47. The van der Waals surface area contributed by atoms with Crippen LogP contribution in [0.15, 0.2) is 24.3 Å². The summed E-state index contributed by atoms with van der Waals surface area (Å²) in [7, 11) is 1.74. The lowest BCUT2D eigenvalue weighted by atomic mass is 9.91. The SMILES string of the molecule is COC1(C)CCCN(C(=O)C2NCCc3ccccc32)C1. The normalized spacial score (nSPS) is 29.0. The van der Waals surface area contributed by atoms with Gasteiger partial charge in [0, 0.05) is 26.7 Å². The van der Waals surface area contributed by atoms with Crippen LogP contribution in [0.3, 0.4) is 0 Å². The van der Waals surface area contributed by atoms with E-state index in [9.17, 15) is 4.79 Å². The van der Waals surface area contributed by atoms with E-state index in [1.54, 1.807) is 7.11 Å². The van der Waals surface area contributed by atoms with Gasteiger partial charge in [-0.25, -0.2) is 0 Å². The van der Waals surface area contributed by atoms with Gasteiger partial charge in [0.05, 0.1) is 5.60 Å². The van der Waals surface area contributed by atoms with Gasteiger partial charge in [0.2, 0.25) is 5.91 Å². The van der Waals surface area contributed by atoms with Crippen molar-refractivity contribution < 1.29 is 9.53 Å². The molecule has 0 bridgehead atoms. The minimum absolute atomic E-state index is 0.185.